The Bertz CT molecular complexity index is 784. The first-order chi connectivity index (χ1) is 9.95. The van der Waals surface area contributed by atoms with E-state index >= 15 is 0 Å². The fourth-order valence-corrected chi connectivity index (χ4v) is 2.62. The van der Waals surface area contributed by atoms with Gasteiger partial charge in [-0.25, -0.2) is 0 Å². The second kappa shape index (κ2) is 4.95. The van der Waals surface area contributed by atoms with Crippen molar-refractivity contribution in [3.05, 3.63) is 70.9 Å². The lowest BCUT2D eigenvalue weighted by Crippen LogP contribution is -2.05. The average Bonchev–Trinajstić information content (AvgIpc) is 2.75. The van der Waals surface area contributed by atoms with E-state index in [9.17, 15) is 13.2 Å². The van der Waals surface area contributed by atoms with Gasteiger partial charge in [0.25, 0.3) is 0 Å². The summed E-state index contributed by atoms with van der Waals surface area (Å²) in [5.41, 5.74) is 3.12. The van der Waals surface area contributed by atoms with Crippen molar-refractivity contribution in [2.24, 2.45) is 0 Å². The van der Waals surface area contributed by atoms with E-state index in [1.807, 2.05) is 31.2 Å². The Kier molecular flexibility index (Phi) is 3.24. The molecular formula is C17H14F3N. The van der Waals surface area contributed by atoms with Crippen molar-refractivity contribution in [3.63, 3.8) is 0 Å². The fourth-order valence-electron chi connectivity index (χ4n) is 2.62. The van der Waals surface area contributed by atoms with Crippen LogP contribution < -0.4 is 0 Å². The van der Waals surface area contributed by atoms with E-state index in [2.05, 4.69) is 4.98 Å². The predicted molar refractivity (Wildman–Crippen MR) is 77.3 cm³/mol. The minimum absolute atomic E-state index is 0.486. The minimum atomic E-state index is -4.30. The molecule has 3 aromatic rings. The SMILES string of the molecule is Cc1[nH]c2ccccc2c1Cc1cccc(C(F)(F)F)c1. The molecule has 1 aromatic heterocycles. The van der Waals surface area contributed by atoms with Gasteiger partial charge in [-0.15, -0.1) is 0 Å². The van der Waals surface area contributed by atoms with E-state index in [0.717, 1.165) is 28.2 Å². The summed E-state index contributed by atoms with van der Waals surface area (Å²) in [6.45, 7) is 1.95. The molecule has 0 aliphatic carbocycles. The Hall–Kier alpha value is -2.23. The highest BCUT2D eigenvalue weighted by atomic mass is 19.4. The van der Waals surface area contributed by atoms with Crippen molar-refractivity contribution in [1.82, 2.24) is 4.98 Å². The molecule has 2 aromatic carbocycles. The number of fused-ring (bicyclic) bond motifs is 1. The van der Waals surface area contributed by atoms with E-state index in [1.54, 1.807) is 6.07 Å². The number of hydrogen-bond acceptors (Lipinski definition) is 0. The second-order valence-corrected chi connectivity index (χ2v) is 5.15. The zero-order valence-electron chi connectivity index (χ0n) is 11.5. The first kappa shape index (κ1) is 13.7. The van der Waals surface area contributed by atoms with Crippen LogP contribution in [0, 0.1) is 6.92 Å². The van der Waals surface area contributed by atoms with Crippen molar-refractivity contribution >= 4 is 10.9 Å². The lowest BCUT2D eigenvalue weighted by Gasteiger charge is -2.09. The monoisotopic (exact) mass is 289 g/mol. The maximum Gasteiger partial charge on any atom is 0.416 e. The fraction of sp³-hybridized carbons (Fsp3) is 0.176. The van der Waals surface area contributed by atoms with E-state index in [-0.39, 0.29) is 0 Å². The van der Waals surface area contributed by atoms with Crippen LogP contribution in [-0.4, -0.2) is 4.98 Å². The van der Waals surface area contributed by atoms with E-state index in [4.69, 9.17) is 0 Å². The van der Waals surface area contributed by atoms with E-state index in [0.29, 0.717) is 12.0 Å². The van der Waals surface area contributed by atoms with Crippen LogP contribution in [0.2, 0.25) is 0 Å². The molecule has 0 radical (unpaired) electrons. The van der Waals surface area contributed by atoms with Gasteiger partial charge in [0.15, 0.2) is 0 Å². The number of aryl methyl sites for hydroxylation is 1. The molecule has 0 fully saturated rings. The summed E-state index contributed by atoms with van der Waals surface area (Å²) in [4.78, 5) is 3.27. The predicted octanol–water partition coefficient (Wildman–Crippen LogP) is 5.09. The summed E-state index contributed by atoms with van der Waals surface area (Å²) in [5, 5.41) is 1.06. The molecule has 1 heterocycles. The zero-order valence-corrected chi connectivity index (χ0v) is 11.5. The van der Waals surface area contributed by atoms with Gasteiger partial charge in [0.1, 0.15) is 0 Å². The van der Waals surface area contributed by atoms with Gasteiger partial charge in [0.05, 0.1) is 5.56 Å². The van der Waals surface area contributed by atoms with Gasteiger partial charge in [-0.1, -0.05) is 36.4 Å². The molecule has 0 bridgehead atoms. The van der Waals surface area contributed by atoms with Gasteiger partial charge in [0, 0.05) is 16.6 Å². The Morgan fingerprint density at radius 3 is 2.52 bits per heavy atom. The number of hydrogen-bond donors (Lipinski definition) is 1. The smallest absolute Gasteiger partial charge is 0.358 e. The second-order valence-electron chi connectivity index (χ2n) is 5.15. The van der Waals surface area contributed by atoms with Crippen LogP contribution in [0.5, 0.6) is 0 Å². The van der Waals surface area contributed by atoms with Gasteiger partial charge in [-0.05, 0) is 36.6 Å². The molecule has 0 saturated carbocycles. The largest absolute Gasteiger partial charge is 0.416 e. The molecule has 21 heavy (non-hydrogen) atoms. The molecule has 1 nitrogen and oxygen atoms in total. The van der Waals surface area contributed by atoms with E-state index in [1.165, 1.54) is 12.1 Å². The van der Waals surface area contributed by atoms with Crippen molar-refractivity contribution in [2.45, 2.75) is 19.5 Å². The average molecular weight is 289 g/mol. The Morgan fingerprint density at radius 1 is 1.00 bits per heavy atom. The standard InChI is InChI=1S/C17H14F3N/c1-11-15(14-7-2-3-8-16(14)21-11)10-12-5-4-6-13(9-12)17(18,19)20/h2-9,21H,10H2,1H3. The number of aromatic amines is 1. The van der Waals surface area contributed by atoms with Crippen molar-refractivity contribution in [3.8, 4) is 0 Å². The van der Waals surface area contributed by atoms with Gasteiger partial charge in [0.2, 0.25) is 0 Å². The summed E-state index contributed by atoms with van der Waals surface area (Å²) in [6.07, 6.45) is -3.81. The number of aromatic nitrogens is 1. The number of alkyl halides is 3. The molecule has 0 atom stereocenters. The third kappa shape index (κ3) is 2.66. The summed E-state index contributed by atoms with van der Waals surface area (Å²) >= 11 is 0. The maximum atomic E-state index is 12.8. The molecular weight excluding hydrogens is 275 g/mol. The third-order valence-electron chi connectivity index (χ3n) is 3.66. The van der Waals surface area contributed by atoms with Crippen LogP contribution in [0.25, 0.3) is 10.9 Å². The molecule has 108 valence electrons. The molecule has 3 rings (SSSR count). The van der Waals surface area contributed by atoms with Crippen LogP contribution >= 0.6 is 0 Å². The maximum absolute atomic E-state index is 12.8. The van der Waals surface area contributed by atoms with Gasteiger partial charge < -0.3 is 4.98 Å². The van der Waals surface area contributed by atoms with Crippen LogP contribution in [0.1, 0.15) is 22.4 Å². The lowest BCUT2D eigenvalue weighted by molar-refractivity contribution is -0.137. The summed E-state index contributed by atoms with van der Waals surface area (Å²) in [6, 6.07) is 13.4. The Balaban J connectivity index is 2.01. The lowest BCUT2D eigenvalue weighted by atomic mass is 10.0. The molecule has 0 saturated heterocycles. The Labute approximate surface area is 120 Å². The molecule has 0 unspecified atom stereocenters. The number of H-pyrrole nitrogens is 1. The summed E-state index contributed by atoms with van der Waals surface area (Å²) in [5.74, 6) is 0. The van der Waals surface area contributed by atoms with Crippen LogP contribution in [0.3, 0.4) is 0 Å². The van der Waals surface area contributed by atoms with Crippen molar-refractivity contribution < 1.29 is 13.2 Å². The summed E-state index contributed by atoms with van der Waals surface area (Å²) in [7, 11) is 0. The molecule has 0 aliphatic rings. The number of benzene rings is 2. The normalized spacial score (nSPS) is 12.0. The zero-order chi connectivity index (χ0) is 15.0. The molecule has 1 N–H and O–H groups in total. The third-order valence-corrected chi connectivity index (χ3v) is 3.66. The van der Waals surface area contributed by atoms with E-state index < -0.39 is 11.7 Å². The molecule has 0 aliphatic heterocycles. The number of halogens is 3. The quantitative estimate of drug-likeness (QED) is 0.676. The summed E-state index contributed by atoms with van der Waals surface area (Å²) < 4.78 is 38.3. The number of para-hydroxylation sites is 1. The highest BCUT2D eigenvalue weighted by Gasteiger charge is 2.30. The minimum Gasteiger partial charge on any atom is -0.358 e. The van der Waals surface area contributed by atoms with Crippen LogP contribution in [0.15, 0.2) is 48.5 Å². The van der Waals surface area contributed by atoms with Gasteiger partial charge >= 0.3 is 6.18 Å². The number of nitrogens with one attached hydrogen (secondary N) is 1. The number of rotatable bonds is 2. The van der Waals surface area contributed by atoms with Crippen LogP contribution in [-0.2, 0) is 12.6 Å². The van der Waals surface area contributed by atoms with Crippen molar-refractivity contribution in [2.75, 3.05) is 0 Å². The van der Waals surface area contributed by atoms with Crippen LogP contribution in [0.4, 0.5) is 13.2 Å². The first-order valence-corrected chi connectivity index (χ1v) is 6.67. The highest BCUT2D eigenvalue weighted by molar-refractivity contribution is 5.84. The molecule has 0 amide bonds. The van der Waals surface area contributed by atoms with Gasteiger partial charge in [-0.3, -0.25) is 0 Å². The Morgan fingerprint density at radius 2 is 1.76 bits per heavy atom. The molecule has 0 spiro atoms. The van der Waals surface area contributed by atoms with Crippen molar-refractivity contribution in [1.29, 1.82) is 0 Å². The molecule has 4 heteroatoms. The highest BCUT2D eigenvalue weighted by Crippen LogP contribution is 2.31. The van der Waals surface area contributed by atoms with Gasteiger partial charge in [-0.2, -0.15) is 13.2 Å². The topological polar surface area (TPSA) is 15.8 Å². The first-order valence-electron chi connectivity index (χ1n) is 6.67.